The summed E-state index contributed by atoms with van der Waals surface area (Å²) in [5, 5.41) is 0.279. The Hall–Kier alpha value is -2.80. The minimum absolute atomic E-state index is 0.116. The zero-order valence-electron chi connectivity index (χ0n) is 14.1. The third-order valence-corrected chi connectivity index (χ3v) is 3.81. The molecule has 3 rings (SSSR count). The molecule has 0 saturated heterocycles. The van der Waals surface area contributed by atoms with Crippen LogP contribution >= 0.6 is 11.6 Å². The Morgan fingerprint density at radius 2 is 1.70 bits per heavy atom. The highest BCUT2D eigenvalue weighted by atomic mass is 35.5. The van der Waals surface area contributed by atoms with Crippen molar-refractivity contribution in [3.8, 4) is 17.5 Å². The average molecular weight is 395 g/mol. The van der Waals surface area contributed by atoms with Crippen LogP contribution in [0.3, 0.4) is 0 Å². The molecule has 1 heterocycles. The van der Waals surface area contributed by atoms with E-state index in [1.54, 1.807) is 30.3 Å². The molecule has 0 spiro atoms. The molecule has 140 valence electrons. The molecule has 0 unspecified atom stereocenters. The molecule has 0 fully saturated rings. The van der Waals surface area contributed by atoms with Crippen LogP contribution in [-0.2, 0) is 12.6 Å². The lowest BCUT2D eigenvalue weighted by Gasteiger charge is -2.10. The third-order valence-electron chi connectivity index (χ3n) is 3.62. The quantitative estimate of drug-likeness (QED) is 0.533. The Bertz CT molecular complexity index is 931. The summed E-state index contributed by atoms with van der Waals surface area (Å²) in [6.07, 6.45) is -3.93. The Morgan fingerprint density at radius 1 is 0.963 bits per heavy atom. The second-order valence-electron chi connectivity index (χ2n) is 5.62. The maximum atomic E-state index is 12.8. The summed E-state index contributed by atoms with van der Waals surface area (Å²) in [6, 6.07) is 13.5. The number of hydrogen-bond acceptors (Lipinski definition) is 4. The molecule has 3 aromatic rings. The molecule has 4 nitrogen and oxygen atoms in total. The van der Waals surface area contributed by atoms with Gasteiger partial charge in [-0.05, 0) is 42.0 Å². The lowest BCUT2D eigenvalue weighted by atomic mass is 10.1. The van der Waals surface area contributed by atoms with E-state index in [0.29, 0.717) is 17.9 Å². The summed E-state index contributed by atoms with van der Waals surface area (Å²) in [6.45, 7) is 0. The van der Waals surface area contributed by atoms with Gasteiger partial charge >= 0.3 is 12.2 Å². The largest absolute Gasteiger partial charge is 0.467 e. The van der Waals surface area contributed by atoms with E-state index in [0.717, 1.165) is 17.7 Å². The van der Waals surface area contributed by atoms with Crippen LogP contribution in [0.2, 0.25) is 5.15 Å². The predicted octanol–water partition coefficient (Wildman–Crippen LogP) is 5.54. The molecule has 0 aliphatic rings. The maximum absolute atomic E-state index is 12.8. The molecule has 0 aliphatic heterocycles. The maximum Gasteiger partial charge on any atom is 0.416 e. The molecule has 0 amide bonds. The van der Waals surface area contributed by atoms with Gasteiger partial charge in [0.1, 0.15) is 16.7 Å². The first-order valence-electron chi connectivity index (χ1n) is 7.85. The second kappa shape index (κ2) is 7.84. The van der Waals surface area contributed by atoms with Crippen molar-refractivity contribution >= 4 is 11.6 Å². The second-order valence-corrected chi connectivity index (χ2v) is 6.00. The van der Waals surface area contributed by atoms with E-state index >= 15 is 0 Å². The van der Waals surface area contributed by atoms with Crippen LogP contribution < -0.4 is 9.47 Å². The normalized spacial score (nSPS) is 11.3. The van der Waals surface area contributed by atoms with Crippen LogP contribution in [0.4, 0.5) is 13.2 Å². The van der Waals surface area contributed by atoms with Gasteiger partial charge in [0.2, 0.25) is 0 Å². The van der Waals surface area contributed by atoms with Gasteiger partial charge in [0.05, 0.1) is 18.4 Å². The summed E-state index contributed by atoms with van der Waals surface area (Å²) in [7, 11) is 1.45. The lowest BCUT2D eigenvalue weighted by molar-refractivity contribution is -0.137. The highest BCUT2D eigenvalue weighted by molar-refractivity contribution is 6.29. The van der Waals surface area contributed by atoms with E-state index in [4.69, 9.17) is 21.1 Å². The summed E-state index contributed by atoms with van der Waals surface area (Å²) >= 11 is 5.92. The topological polar surface area (TPSA) is 44.2 Å². The van der Waals surface area contributed by atoms with Crippen LogP contribution in [0.1, 0.15) is 16.8 Å². The van der Waals surface area contributed by atoms with Gasteiger partial charge in [-0.15, -0.1) is 0 Å². The number of alkyl halides is 3. The average Bonchev–Trinajstić information content (AvgIpc) is 2.62. The highest BCUT2D eigenvalue weighted by Gasteiger charge is 2.30. The highest BCUT2D eigenvalue weighted by Crippen LogP contribution is 2.32. The van der Waals surface area contributed by atoms with E-state index in [9.17, 15) is 13.2 Å². The van der Waals surface area contributed by atoms with Crippen molar-refractivity contribution in [3.05, 3.63) is 76.6 Å². The molecular weight excluding hydrogens is 381 g/mol. The summed E-state index contributed by atoms with van der Waals surface area (Å²) in [5.74, 6) is 0.543. The number of hydrogen-bond donors (Lipinski definition) is 0. The fourth-order valence-electron chi connectivity index (χ4n) is 2.38. The Morgan fingerprint density at radius 3 is 2.37 bits per heavy atom. The number of benzene rings is 2. The fourth-order valence-corrected chi connectivity index (χ4v) is 2.58. The molecule has 1 aromatic heterocycles. The van der Waals surface area contributed by atoms with Gasteiger partial charge in [0.15, 0.2) is 0 Å². The van der Waals surface area contributed by atoms with Crippen molar-refractivity contribution in [2.24, 2.45) is 0 Å². The molecule has 0 N–H and O–H groups in total. The summed E-state index contributed by atoms with van der Waals surface area (Å²) < 4.78 is 48.8. The van der Waals surface area contributed by atoms with Crippen LogP contribution in [0.15, 0.2) is 54.6 Å². The van der Waals surface area contributed by atoms with E-state index in [-0.39, 0.29) is 16.9 Å². The van der Waals surface area contributed by atoms with E-state index in [1.165, 1.54) is 19.2 Å². The first-order valence-corrected chi connectivity index (χ1v) is 8.23. The minimum Gasteiger partial charge on any atom is -0.467 e. The van der Waals surface area contributed by atoms with Gasteiger partial charge in [-0.25, -0.2) is 0 Å². The molecule has 0 radical (unpaired) electrons. The molecule has 0 atom stereocenters. The van der Waals surface area contributed by atoms with E-state index < -0.39 is 11.7 Å². The van der Waals surface area contributed by atoms with Gasteiger partial charge in [-0.2, -0.15) is 23.1 Å². The molecule has 8 heteroatoms. The molecule has 0 aliphatic carbocycles. The number of aromatic nitrogens is 2. The third kappa shape index (κ3) is 5.10. The SMILES string of the molecule is COc1nc(Cl)cc(Cc2ccc(Oc3cccc(C(F)(F)F)c3)cc2)n1. The number of nitrogens with zero attached hydrogens (tertiary/aromatic N) is 2. The van der Waals surface area contributed by atoms with Crippen molar-refractivity contribution < 1.29 is 22.6 Å². The zero-order chi connectivity index (χ0) is 19.4. The van der Waals surface area contributed by atoms with E-state index in [2.05, 4.69) is 9.97 Å². The summed E-state index contributed by atoms with van der Waals surface area (Å²) in [4.78, 5) is 8.13. The van der Waals surface area contributed by atoms with Crippen LogP contribution in [0.5, 0.6) is 17.5 Å². The van der Waals surface area contributed by atoms with Crippen molar-refractivity contribution in [2.45, 2.75) is 12.6 Å². The molecule has 27 heavy (non-hydrogen) atoms. The predicted molar refractivity (Wildman–Crippen MR) is 94.4 cm³/mol. The van der Waals surface area contributed by atoms with Crippen LogP contribution in [-0.4, -0.2) is 17.1 Å². The van der Waals surface area contributed by atoms with Gasteiger partial charge in [-0.3, -0.25) is 0 Å². The minimum atomic E-state index is -4.41. The van der Waals surface area contributed by atoms with Gasteiger partial charge < -0.3 is 9.47 Å². The standard InChI is InChI=1S/C19H14ClF3N2O2/c1-26-18-24-14(11-17(20)25-18)9-12-5-7-15(8-6-12)27-16-4-2-3-13(10-16)19(21,22)23/h2-8,10-11H,9H2,1H3. The van der Waals surface area contributed by atoms with Crippen molar-refractivity contribution in [2.75, 3.05) is 7.11 Å². The van der Waals surface area contributed by atoms with Gasteiger partial charge in [0.25, 0.3) is 0 Å². The molecule has 0 bridgehead atoms. The Labute approximate surface area is 158 Å². The Kier molecular flexibility index (Phi) is 5.51. The number of methoxy groups -OCH3 is 1. The zero-order valence-corrected chi connectivity index (χ0v) is 14.9. The molecular formula is C19H14ClF3N2O2. The monoisotopic (exact) mass is 394 g/mol. The molecule has 0 saturated carbocycles. The smallest absolute Gasteiger partial charge is 0.416 e. The number of rotatable bonds is 5. The first-order chi connectivity index (χ1) is 12.8. The van der Waals surface area contributed by atoms with Gasteiger partial charge in [0, 0.05) is 6.42 Å². The Balaban J connectivity index is 1.72. The first kappa shape index (κ1) is 19.0. The molecule has 2 aromatic carbocycles. The number of halogens is 4. The van der Waals surface area contributed by atoms with Gasteiger partial charge in [-0.1, -0.05) is 29.8 Å². The van der Waals surface area contributed by atoms with Crippen molar-refractivity contribution in [3.63, 3.8) is 0 Å². The lowest BCUT2D eigenvalue weighted by Crippen LogP contribution is -2.04. The fraction of sp³-hybridized carbons (Fsp3) is 0.158. The van der Waals surface area contributed by atoms with Crippen LogP contribution in [0.25, 0.3) is 0 Å². The van der Waals surface area contributed by atoms with Crippen LogP contribution in [0, 0.1) is 0 Å². The summed E-state index contributed by atoms with van der Waals surface area (Å²) in [5.41, 5.74) is 0.841. The number of ether oxygens (including phenoxy) is 2. The van der Waals surface area contributed by atoms with Crippen molar-refractivity contribution in [1.82, 2.24) is 9.97 Å². The van der Waals surface area contributed by atoms with Crippen molar-refractivity contribution in [1.29, 1.82) is 0 Å². The van der Waals surface area contributed by atoms with E-state index in [1.807, 2.05) is 0 Å².